The van der Waals surface area contributed by atoms with E-state index in [-0.39, 0.29) is 5.91 Å². The molecule has 4 heteroatoms. The maximum Gasteiger partial charge on any atom is 0.234 e. The highest BCUT2D eigenvalue weighted by molar-refractivity contribution is 5.77. The fourth-order valence-electron chi connectivity index (χ4n) is 1.78. The first kappa shape index (κ1) is 14.5. The summed E-state index contributed by atoms with van der Waals surface area (Å²) in [5.74, 6) is 0.0649. The molecule has 0 aliphatic heterocycles. The Bertz CT molecular complexity index is 390. The van der Waals surface area contributed by atoms with Crippen molar-refractivity contribution in [3.63, 3.8) is 0 Å². The number of carbonyl (C=O) groups is 1. The fourth-order valence-corrected chi connectivity index (χ4v) is 1.78. The second-order valence-corrected chi connectivity index (χ2v) is 4.70. The number of nitrogens with zero attached hydrogens (tertiary/aromatic N) is 1. The quantitative estimate of drug-likeness (QED) is 0.753. The third-order valence-corrected chi connectivity index (χ3v) is 2.79. The monoisotopic (exact) mass is 249 g/mol. The van der Waals surface area contributed by atoms with Crippen LogP contribution in [0.15, 0.2) is 24.3 Å². The Kier molecular flexibility index (Phi) is 5.65. The lowest BCUT2D eigenvalue weighted by Gasteiger charge is -2.25. The third kappa shape index (κ3) is 4.75. The molecule has 0 radical (unpaired) electrons. The van der Waals surface area contributed by atoms with Crippen molar-refractivity contribution in [3.8, 4) is 0 Å². The molecule has 1 aromatic carbocycles. The maximum atomic E-state index is 11.6. The summed E-state index contributed by atoms with van der Waals surface area (Å²) in [5, 5.41) is 2.82. The first-order valence-corrected chi connectivity index (χ1v) is 6.38. The van der Waals surface area contributed by atoms with Crippen LogP contribution in [0.3, 0.4) is 0 Å². The number of amides is 1. The van der Waals surface area contributed by atoms with E-state index in [0.29, 0.717) is 19.1 Å². The topological polar surface area (TPSA) is 58.4 Å². The predicted molar refractivity (Wildman–Crippen MR) is 75.1 cm³/mol. The van der Waals surface area contributed by atoms with Crippen molar-refractivity contribution in [1.29, 1.82) is 0 Å². The van der Waals surface area contributed by atoms with E-state index >= 15 is 0 Å². The molecule has 0 aliphatic carbocycles. The molecule has 4 nitrogen and oxygen atoms in total. The van der Waals surface area contributed by atoms with Crippen molar-refractivity contribution in [1.82, 2.24) is 10.2 Å². The van der Waals surface area contributed by atoms with Crippen molar-refractivity contribution >= 4 is 11.6 Å². The van der Waals surface area contributed by atoms with Crippen LogP contribution in [0.2, 0.25) is 0 Å². The summed E-state index contributed by atoms with van der Waals surface area (Å²) < 4.78 is 0. The lowest BCUT2D eigenvalue weighted by atomic mass is 10.1. The Balaban J connectivity index is 2.66. The molecule has 0 aromatic heterocycles. The third-order valence-electron chi connectivity index (χ3n) is 2.79. The number of benzene rings is 1. The van der Waals surface area contributed by atoms with E-state index in [1.807, 2.05) is 31.2 Å². The van der Waals surface area contributed by atoms with E-state index in [1.54, 1.807) is 0 Å². The molecule has 1 amide bonds. The van der Waals surface area contributed by atoms with Gasteiger partial charge in [0.05, 0.1) is 6.54 Å². The van der Waals surface area contributed by atoms with E-state index in [9.17, 15) is 4.79 Å². The van der Waals surface area contributed by atoms with Crippen molar-refractivity contribution in [2.24, 2.45) is 0 Å². The summed E-state index contributed by atoms with van der Waals surface area (Å²) in [6, 6.07) is 8.10. The Morgan fingerprint density at radius 1 is 1.44 bits per heavy atom. The number of nitrogens with two attached hydrogens (primary N) is 1. The van der Waals surface area contributed by atoms with Gasteiger partial charge in [-0.1, -0.05) is 12.1 Å². The van der Waals surface area contributed by atoms with Gasteiger partial charge in [0, 0.05) is 24.8 Å². The molecule has 0 saturated heterocycles. The highest BCUT2D eigenvalue weighted by atomic mass is 16.2. The molecule has 1 aromatic rings. The highest BCUT2D eigenvalue weighted by Gasteiger charge is 2.14. The van der Waals surface area contributed by atoms with Crippen LogP contribution >= 0.6 is 0 Å². The van der Waals surface area contributed by atoms with E-state index in [0.717, 1.165) is 17.8 Å². The summed E-state index contributed by atoms with van der Waals surface area (Å²) in [6.07, 6.45) is 0. The molecule has 0 bridgehead atoms. The molecule has 3 N–H and O–H groups in total. The van der Waals surface area contributed by atoms with Crippen molar-refractivity contribution in [2.45, 2.75) is 33.4 Å². The van der Waals surface area contributed by atoms with Crippen molar-refractivity contribution in [3.05, 3.63) is 29.8 Å². The minimum absolute atomic E-state index is 0.0649. The van der Waals surface area contributed by atoms with Crippen LogP contribution in [0.25, 0.3) is 0 Å². The van der Waals surface area contributed by atoms with Crippen LogP contribution in [-0.2, 0) is 11.3 Å². The van der Waals surface area contributed by atoms with Gasteiger partial charge in [-0.2, -0.15) is 0 Å². The minimum Gasteiger partial charge on any atom is -0.399 e. The number of nitrogen functional groups attached to an aromatic ring is 1. The molecule has 1 rings (SSSR count). The molecule has 100 valence electrons. The lowest BCUT2D eigenvalue weighted by Crippen LogP contribution is -2.40. The maximum absolute atomic E-state index is 11.6. The Morgan fingerprint density at radius 2 is 2.17 bits per heavy atom. The number of carbonyl (C=O) groups excluding carboxylic acids is 1. The standard InChI is InChI=1S/C14H23N3O/c1-4-16-14(18)10-17(11(2)3)9-12-6-5-7-13(15)8-12/h5-8,11H,4,9-10,15H2,1-3H3,(H,16,18). The van der Waals surface area contributed by atoms with E-state index in [4.69, 9.17) is 5.73 Å². The number of nitrogens with one attached hydrogen (secondary N) is 1. The van der Waals surface area contributed by atoms with Gasteiger partial charge in [-0.15, -0.1) is 0 Å². The molecular weight excluding hydrogens is 226 g/mol. The van der Waals surface area contributed by atoms with Crippen LogP contribution in [0.5, 0.6) is 0 Å². The first-order valence-electron chi connectivity index (χ1n) is 6.38. The number of likely N-dealkylation sites (N-methyl/N-ethyl adjacent to an activating group) is 1. The second-order valence-electron chi connectivity index (χ2n) is 4.70. The zero-order chi connectivity index (χ0) is 13.5. The summed E-state index contributed by atoms with van der Waals surface area (Å²) in [4.78, 5) is 13.8. The van der Waals surface area contributed by atoms with Gasteiger partial charge in [0.15, 0.2) is 0 Å². The van der Waals surface area contributed by atoms with Gasteiger partial charge < -0.3 is 11.1 Å². The minimum atomic E-state index is 0.0649. The predicted octanol–water partition coefficient (Wildman–Crippen LogP) is 1.62. The molecule has 0 heterocycles. The van der Waals surface area contributed by atoms with Gasteiger partial charge in [0.25, 0.3) is 0 Å². The second kappa shape index (κ2) is 7.01. The molecule has 0 unspecified atom stereocenters. The average Bonchev–Trinajstić information content (AvgIpc) is 2.28. The van der Waals surface area contributed by atoms with Gasteiger partial charge in [-0.05, 0) is 38.5 Å². The van der Waals surface area contributed by atoms with Gasteiger partial charge >= 0.3 is 0 Å². The number of rotatable bonds is 6. The van der Waals surface area contributed by atoms with Crippen LogP contribution < -0.4 is 11.1 Å². The van der Waals surface area contributed by atoms with Gasteiger partial charge in [0.2, 0.25) is 5.91 Å². The van der Waals surface area contributed by atoms with Crippen molar-refractivity contribution < 1.29 is 4.79 Å². The van der Waals surface area contributed by atoms with Crippen molar-refractivity contribution in [2.75, 3.05) is 18.8 Å². The van der Waals surface area contributed by atoms with Crippen LogP contribution in [0, 0.1) is 0 Å². The van der Waals surface area contributed by atoms with E-state index in [2.05, 4.69) is 24.1 Å². The first-order chi connectivity index (χ1) is 8.52. The Morgan fingerprint density at radius 3 is 2.72 bits per heavy atom. The summed E-state index contributed by atoms with van der Waals surface area (Å²) >= 11 is 0. The number of hydrogen-bond donors (Lipinski definition) is 2. The average molecular weight is 249 g/mol. The zero-order valence-electron chi connectivity index (χ0n) is 11.4. The van der Waals surface area contributed by atoms with Gasteiger partial charge in [-0.25, -0.2) is 0 Å². The molecule has 0 aliphatic rings. The smallest absolute Gasteiger partial charge is 0.234 e. The highest BCUT2D eigenvalue weighted by Crippen LogP contribution is 2.11. The Labute approximate surface area is 109 Å². The van der Waals surface area contributed by atoms with E-state index in [1.165, 1.54) is 0 Å². The molecule has 0 fully saturated rings. The summed E-state index contributed by atoms with van der Waals surface area (Å²) in [7, 11) is 0. The molecular formula is C14H23N3O. The zero-order valence-corrected chi connectivity index (χ0v) is 11.4. The summed E-state index contributed by atoms with van der Waals surface area (Å²) in [5.41, 5.74) is 7.65. The van der Waals surface area contributed by atoms with Gasteiger partial charge in [-0.3, -0.25) is 9.69 Å². The lowest BCUT2D eigenvalue weighted by molar-refractivity contribution is -0.122. The number of anilines is 1. The van der Waals surface area contributed by atoms with E-state index < -0.39 is 0 Å². The van der Waals surface area contributed by atoms with Crippen LogP contribution in [0.1, 0.15) is 26.3 Å². The fraction of sp³-hybridized carbons (Fsp3) is 0.500. The summed E-state index contributed by atoms with van der Waals surface area (Å²) in [6.45, 7) is 7.93. The normalized spacial score (nSPS) is 10.9. The molecule has 0 spiro atoms. The molecule has 18 heavy (non-hydrogen) atoms. The SMILES string of the molecule is CCNC(=O)CN(Cc1cccc(N)c1)C(C)C. The van der Waals surface area contributed by atoms with Crippen LogP contribution in [-0.4, -0.2) is 29.9 Å². The Hall–Kier alpha value is -1.55. The molecule has 0 atom stereocenters. The largest absolute Gasteiger partial charge is 0.399 e. The van der Waals surface area contributed by atoms with Crippen LogP contribution in [0.4, 0.5) is 5.69 Å². The van der Waals surface area contributed by atoms with Gasteiger partial charge in [0.1, 0.15) is 0 Å². The molecule has 0 saturated carbocycles. The number of hydrogen-bond acceptors (Lipinski definition) is 3.